The molecule has 0 radical (unpaired) electrons. The average molecular weight is 482 g/mol. The molecule has 0 aromatic heterocycles. The van der Waals surface area contributed by atoms with E-state index in [0.29, 0.717) is 17.5 Å². The average Bonchev–Trinajstić information content (AvgIpc) is 3.03. The standard InChI is InChI=1S/C18H28ClN3O2.HI/c1-4-20-18(22-9-8-14(12-22)13-23-2)21-11-17(24-3)15-6-5-7-16(19)10-15;/h5-7,10,14,17H,4,8-9,11-13H2,1-3H3,(H,20,21);1H. The van der Waals surface area contributed by atoms with E-state index in [1.807, 2.05) is 24.3 Å². The minimum absolute atomic E-state index is 0. The van der Waals surface area contributed by atoms with Crippen LogP contribution in [0.4, 0.5) is 0 Å². The number of nitrogens with zero attached hydrogens (tertiary/aromatic N) is 2. The molecule has 5 nitrogen and oxygen atoms in total. The minimum Gasteiger partial charge on any atom is -0.384 e. The number of benzene rings is 1. The van der Waals surface area contributed by atoms with Gasteiger partial charge in [-0.25, -0.2) is 0 Å². The molecule has 1 N–H and O–H groups in total. The first-order chi connectivity index (χ1) is 11.7. The Hall–Kier alpha value is -0.570. The third-order valence-electron chi connectivity index (χ3n) is 4.23. The van der Waals surface area contributed by atoms with Crippen LogP contribution in [0.1, 0.15) is 25.0 Å². The molecule has 142 valence electrons. The summed E-state index contributed by atoms with van der Waals surface area (Å²) in [5.41, 5.74) is 1.04. The summed E-state index contributed by atoms with van der Waals surface area (Å²) in [6, 6.07) is 7.76. The monoisotopic (exact) mass is 481 g/mol. The Bertz CT molecular complexity index is 545. The molecule has 0 saturated carbocycles. The molecule has 0 aliphatic carbocycles. The smallest absolute Gasteiger partial charge is 0.194 e. The van der Waals surface area contributed by atoms with Crippen LogP contribution in [0.5, 0.6) is 0 Å². The van der Waals surface area contributed by atoms with Crippen LogP contribution in [0.2, 0.25) is 5.02 Å². The third-order valence-corrected chi connectivity index (χ3v) is 4.47. The van der Waals surface area contributed by atoms with Crippen molar-refractivity contribution in [2.45, 2.75) is 19.4 Å². The van der Waals surface area contributed by atoms with E-state index in [1.165, 1.54) is 0 Å². The largest absolute Gasteiger partial charge is 0.384 e. The third kappa shape index (κ3) is 6.92. The molecule has 2 rings (SSSR count). The van der Waals surface area contributed by atoms with E-state index < -0.39 is 0 Å². The Morgan fingerprint density at radius 1 is 1.44 bits per heavy atom. The fourth-order valence-electron chi connectivity index (χ4n) is 3.01. The topological polar surface area (TPSA) is 46.1 Å². The molecule has 2 atom stereocenters. The predicted molar refractivity (Wildman–Crippen MR) is 114 cm³/mol. The molecule has 1 saturated heterocycles. The molecule has 2 unspecified atom stereocenters. The van der Waals surface area contributed by atoms with E-state index in [-0.39, 0.29) is 30.1 Å². The normalized spacial score (nSPS) is 18.8. The van der Waals surface area contributed by atoms with E-state index in [4.69, 9.17) is 26.1 Å². The van der Waals surface area contributed by atoms with Crippen LogP contribution < -0.4 is 5.32 Å². The van der Waals surface area contributed by atoms with Crippen LogP contribution in [0.25, 0.3) is 0 Å². The zero-order chi connectivity index (χ0) is 17.4. The molecule has 1 aliphatic heterocycles. The Balaban J connectivity index is 0.00000312. The Labute approximate surface area is 173 Å². The second-order valence-corrected chi connectivity index (χ2v) is 6.47. The number of hydrogen-bond donors (Lipinski definition) is 1. The van der Waals surface area contributed by atoms with E-state index in [9.17, 15) is 0 Å². The van der Waals surface area contributed by atoms with Gasteiger partial charge >= 0.3 is 0 Å². The summed E-state index contributed by atoms with van der Waals surface area (Å²) in [5, 5.41) is 4.10. The van der Waals surface area contributed by atoms with Crippen LogP contribution in [-0.2, 0) is 9.47 Å². The van der Waals surface area contributed by atoms with Crippen molar-refractivity contribution >= 4 is 41.5 Å². The number of likely N-dealkylation sites (tertiary alicyclic amines) is 1. The van der Waals surface area contributed by atoms with Gasteiger partial charge in [0.05, 0.1) is 13.2 Å². The Kier molecular flexibility index (Phi) is 10.7. The van der Waals surface area contributed by atoms with Crippen LogP contribution >= 0.6 is 35.6 Å². The van der Waals surface area contributed by atoms with E-state index in [0.717, 1.165) is 44.2 Å². The first kappa shape index (κ1) is 22.5. The van der Waals surface area contributed by atoms with Gasteiger partial charge in [0.15, 0.2) is 5.96 Å². The molecule has 1 heterocycles. The minimum atomic E-state index is -0.102. The van der Waals surface area contributed by atoms with Crippen molar-refractivity contribution in [1.29, 1.82) is 0 Å². The highest BCUT2D eigenvalue weighted by molar-refractivity contribution is 14.0. The highest BCUT2D eigenvalue weighted by Gasteiger charge is 2.25. The molecular weight excluding hydrogens is 453 g/mol. The zero-order valence-electron chi connectivity index (χ0n) is 15.2. The lowest BCUT2D eigenvalue weighted by molar-refractivity contribution is 0.110. The van der Waals surface area contributed by atoms with E-state index >= 15 is 0 Å². The van der Waals surface area contributed by atoms with Gasteiger partial charge in [0.25, 0.3) is 0 Å². The lowest BCUT2D eigenvalue weighted by atomic mass is 10.1. The van der Waals surface area contributed by atoms with Gasteiger partial charge < -0.3 is 19.7 Å². The number of methoxy groups -OCH3 is 2. The van der Waals surface area contributed by atoms with E-state index in [1.54, 1.807) is 14.2 Å². The van der Waals surface area contributed by atoms with Gasteiger partial charge in [-0.2, -0.15) is 0 Å². The summed E-state index contributed by atoms with van der Waals surface area (Å²) >= 11 is 6.08. The zero-order valence-corrected chi connectivity index (χ0v) is 18.3. The second-order valence-electron chi connectivity index (χ2n) is 6.03. The number of nitrogens with one attached hydrogen (secondary N) is 1. The van der Waals surface area contributed by atoms with Crippen LogP contribution in [0.3, 0.4) is 0 Å². The van der Waals surface area contributed by atoms with E-state index in [2.05, 4.69) is 17.1 Å². The summed E-state index contributed by atoms with van der Waals surface area (Å²) in [7, 11) is 3.47. The molecule has 25 heavy (non-hydrogen) atoms. The lowest BCUT2D eigenvalue weighted by Crippen LogP contribution is -2.40. The van der Waals surface area contributed by atoms with Gasteiger partial charge in [0.2, 0.25) is 0 Å². The van der Waals surface area contributed by atoms with Gasteiger partial charge in [-0.05, 0) is 31.0 Å². The fourth-order valence-corrected chi connectivity index (χ4v) is 3.21. The maximum absolute atomic E-state index is 6.08. The summed E-state index contributed by atoms with van der Waals surface area (Å²) in [4.78, 5) is 7.09. The van der Waals surface area contributed by atoms with Crippen LogP contribution in [-0.4, -0.2) is 57.9 Å². The molecular formula is C18H29ClIN3O2. The molecule has 0 bridgehead atoms. The summed E-state index contributed by atoms with van der Waals surface area (Å²) < 4.78 is 10.9. The fraction of sp³-hybridized carbons (Fsp3) is 0.611. The molecule has 7 heteroatoms. The number of ether oxygens (including phenoxy) is 2. The van der Waals surface area contributed by atoms with Crippen molar-refractivity contribution in [1.82, 2.24) is 10.2 Å². The van der Waals surface area contributed by atoms with Crippen molar-refractivity contribution in [3.63, 3.8) is 0 Å². The Morgan fingerprint density at radius 3 is 2.88 bits per heavy atom. The Morgan fingerprint density at radius 2 is 2.24 bits per heavy atom. The van der Waals surface area contributed by atoms with Crippen molar-refractivity contribution in [3.8, 4) is 0 Å². The van der Waals surface area contributed by atoms with Crippen molar-refractivity contribution in [3.05, 3.63) is 34.9 Å². The highest BCUT2D eigenvalue weighted by atomic mass is 127. The highest BCUT2D eigenvalue weighted by Crippen LogP contribution is 2.21. The van der Waals surface area contributed by atoms with Crippen LogP contribution in [0.15, 0.2) is 29.3 Å². The van der Waals surface area contributed by atoms with Gasteiger partial charge in [0.1, 0.15) is 6.10 Å². The summed E-state index contributed by atoms with van der Waals surface area (Å²) in [6.45, 7) is 6.29. The van der Waals surface area contributed by atoms with Gasteiger partial charge in [-0.15, -0.1) is 24.0 Å². The molecule has 0 spiro atoms. The molecule has 1 fully saturated rings. The lowest BCUT2D eigenvalue weighted by Gasteiger charge is -2.23. The van der Waals surface area contributed by atoms with Crippen LogP contribution in [0, 0.1) is 5.92 Å². The van der Waals surface area contributed by atoms with Crippen molar-refractivity contribution < 1.29 is 9.47 Å². The quantitative estimate of drug-likeness (QED) is 0.367. The first-order valence-corrected chi connectivity index (χ1v) is 8.86. The SMILES string of the molecule is CCNC(=NCC(OC)c1cccc(Cl)c1)N1CCC(COC)C1.I. The maximum atomic E-state index is 6.08. The van der Waals surface area contributed by atoms with Gasteiger partial charge in [0, 0.05) is 44.8 Å². The van der Waals surface area contributed by atoms with Gasteiger partial charge in [-0.3, -0.25) is 4.99 Å². The molecule has 1 aromatic carbocycles. The summed E-state index contributed by atoms with van der Waals surface area (Å²) in [6.07, 6.45) is 1.04. The first-order valence-electron chi connectivity index (χ1n) is 8.48. The molecule has 1 aliphatic rings. The number of guanidine groups is 1. The number of aliphatic imine (C=N–C) groups is 1. The van der Waals surface area contributed by atoms with Crippen molar-refractivity contribution in [2.24, 2.45) is 10.9 Å². The number of hydrogen-bond acceptors (Lipinski definition) is 3. The summed E-state index contributed by atoms with van der Waals surface area (Å²) in [5.74, 6) is 1.52. The number of rotatable bonds is 7. The van der Waals surface area contributed by atoms with Gasteiger partial charge in [-0.1, -0.05) is 23.7 Å². The number of halogens is 2. The molecule has 0 amide bonds. The van der Waals surface area contributed by atoms with Crippen molar-refractivity contribution in [2.75, 3.05) is 47.0 Å². The maximum Gasteiger partial charge on any atom is 0.194 e. The molecule has 1 aromatic rings. The second kappa shape index (κ2) is 11.9. The predicted octanol–water partition coefficient (Wildman–Crippen LogP) is 3.58.